The lowest BCUT2D eigenvalue weighted by molar-refractivity contribution is -0.108. The number of nitrogens with zero attached hydrogens (tertiary/aromatic N) is 2. The number of hydrogen-bond donors (Lipinski definition) is 2. The van der Waals surface area contributed by atoms with Crippen molar-refractivity contribution >= 4 is 24.6 Å². The van der Waals surface area contributed by atoms with E-state index in [1.165, 1.54) is 6.21 Å². The Morgan fingerprint density at radius 1 is 0.882 bits per heavy atom. The zero-order valence-electron chi connectivity index (χ0n) is 19.1. The summed E-state index contributed by atoms with van der Waals surface area (Å²) >= 11 is 0. The fourth-order valence-corrected chi connectivity index (χ4v) is 2.57. The zero-order chi connectivity index (χ0) is 24.6. The first-order valence-electron chi connectivity index (χ1n) is 10.1. The highest BCUT2D eigenvalue weighted by atomic mass is 16.5. The van der Waals surface area contributed by atoms with Gasteiger partial charge in [0.25, 0.3) is 5.91 Å². The quantitative estimate of drug-likeness (QED) is 0.287. The van der Waals surface area contributed by atoms with E-state index in [9.17, 15) is 9.59 Å². The molecule has 2 aromatic carbocycles. The van der Waals surface area contributed by atoms with Gasteiger partial charge < -0.3 is 19.5 Å². The van der Waals surface area contributed by atoms with E-state index in [0.29, 0.717) is 23.5 Å². The van der Waals surface area contributed by atoms with Crippen LogP contribution in [0.4, 0.5) is 0 Å². The summed E-state index contributed by atoms with van der Waals surface area (Å²) in [6.07, 6.45) is 8.63. The molecule has 9 nitrogen and oxygen atoms in total. The molecule has 3 aromatic rings. The Bertz CT molecular complexity index is 1100. The maximum absolute atomic E-state index is 11.8. The third-order valence-electron chi connectivity index (χ3n) is 4.29. The molecule has 1 aromatic heterocycles. The Hall–Kier alpha value is -4.66. The number of hydrazone groups is 1. The molecule has 0 spiro atoms. The van der Waals surface area contributed by atoms with Gasteiger partial charge in [0.15, 0.2) is 11.5 Å². The number of rotatable bonds is 9. The molecule has 0 aliphatic carbocycles. The average Bonchev–Trinajstić information content (AvgIpc) is 2.90. The minimum Gasteiger partial charge on any atom is -0.497 e. The molecule has 9 heteroatoms. The minimum atomic E-state index is -0.297. The standard InChI is InChI=1S/C15H15N3O3.C10H11NO2/c1-20-13-4-3-11(9-14(13)21-2)10-17-18-15(19)12-5-7-16-8-6-12;1-13-10-4-2-9(3-5-10)6-7-11-8-12/h3-10H,1-2H3,(H,18,19);2-8H,1H3,(H,11,12)/b17-10+;7-6+. The second-order valence-corrected chi connectivity index (χ2v) is 6.44. The normalized spacial score (nSPS) is 10.2. The molecule has 0 radical (unpaired) electrons. The third-order valence-corrected chi connectivity index (χ3v) is 4.29. The van der Waals surface area contributed by atoms with E-state index in [4.69, 9.17) is 14.2 Å². The molecule has 1 heterocycles. The van der Waals surface area contributed by atoms with E-state index >= 15 is 0 Å². The molecule has 2 N–H and O–H groups in total. The summed E-state index contributed by atoms with van der Waals surface area (Å²) in [4.78, 5) is 25.5. The molecule has 0 aliphatic heterocycles. The second-order valence-electron chi connectivity index (χ2n) is 6.44. The Labute approximate surface area is 198 Å². The average molecular weight is 463 g/mol. The Morgan fingerprint density at radius 3 is 2.18 bits per heavy atom. The maximum atomic E-state index is 11.8. The summed E-state index contributed by atoms with van der Waals surface area (Å²) in [6.45, 7) is 0. The van der Waals surface area contributed by atoms with Gasteiger partial charge in [-0.2, -0.15) is 5.10 Å². The van der Waals surface area contributed by atoms with Crippen LogP contribution in [0.3, 0.4) is 0 Å². The number of pyridine rings is 1. The van der Waals surface area contributed by atoms with E-state index in [0.717, 1.165) is 16.9 Å². The summed E-state index contributed by atoms with van der Waals surface area (Å²) < 4.78 is 15.3. The van der Waals surface area contributed by atoms with Gasteiger partial charge >= 0.3 is 0 Å². The molecule has 0 unspecified atom stereocenters. The number of aromatic nitrogens is 1. The highest BCUT2D eigenvalue weighted by molar-refractivity contribution is 5.94. The van der Waals surface area contributed by atoms with Crippen LogP contribution in [0.2, 0.25) is 0 Å². The predicted molar refractivity (Wildman–Crippen MR) is 130 cm³/mol. The molecule has 0 saturated carbocycles. The Morgan fingerprint density at radius 2 is 1.56 bits per heavy atom. The summed E-state index contributed by atoms with van der Waals surface area (Å²) in [5.41, 5.74) is 4.73. The largest absolute Gasteiger partial charge is 0.497 e. The molecular formula is C25H26N4O5. The highest BCUT2D eigenvalue weighted by Gasteiger charge is 2.04. The Kier molecular flexibility index (Phi) is 10.9. The van der Waals surface area contributed by atoms with Crippen molar-refractivity contribution in [1.82, 2.24) is 15.7 Å². The van der Waals surface area contributed by atoms with Crippen molar-refractivity contribution < 1.29 is 23.8 Å². The van der Waals surface area contributed by atoms with Gasteiger partial charge in [0.2, 0.25) is 6.41 Å². The zero-order valence-corrected chi connectivity index (χ0v) is 19.1. The van der Waals surface area contributed by atoms with Crippen molar-refractivity contribution in [3.8, 4) is 17.2 Å². The summed E-state index contributed by atoms with van der Waals surface area (Å²) in [7, 11) is 4.75. The lowest BCUT2D eigenvalue weighted by Gasteiger charge is -2.07. The number of amides is 2. The van der Waals surface area contributed by atoms with Crippen LogP contribution in [-0.4, -0.2) is 44.8 Å². The van der Waals surface area contributed by atoms with Crippen LogP contribution in [0.1, 0.15) is 21.5 Å². The topological polar surface area (TPSA) is 111 Å². The van der Waals surface area contributed by atoms with Gasteiger partial charge in [-0.15, -0.1) is 0 Å². The first-order chi connectivity index (χ1) is 16.6. The summed E-state index contributed by atoms with van der Waals surface area (Å²) in [5, 5.41) is 6.34. The number of carbonyl (C=O) groups is 2. The monoisotopic (exact) mass is 462 g/mol. The van der Waals surface area contributed by atoms with Gasteiger partial charge in [0, 0.05) is 24.2 Å². The second kappa shape index (κ2) is 14.4. The fraction of sp³-hybridized carbons (Fsp3) is 0.120. The molecule has 0 aliphatic rings. The van der Waals surface area contributed by atoms with Crippen molar-refractivity contribution in [2.75, 3.05) is 21.3 Å². The highest BCUT2D eigenvalue weighted by Crippen LogP contribution is 2.26. The first kappa shape index (κ1) is 25.6. The molecule has 0 bridgehead atoms. The number of nitrogens with one attached hydrogen (secondary N) is 2. The van der Waals surface area contributed by atoms with E-state index < -0.39 is 0 Å². The molecular weight excluding hydrogens is 436 g/mol. The van der Waals surface area contributed by atoms with E-state index in [1.54, 1.807) is 70.3 Å². The van der Waals surface area contributed by atoms with Gasteiger partial charge in [-0.3, -0.25) is 14.6 Å². The predicted octanol–water partition coefficient (Wildman–Crippen LogP) is 3.27. The van der Waals surface area contributed by atoms with Crippen molar-refractivity contribution in [2.24, 2.45) is 5.10 Å². The van der Waals surface area contributed by atoms with E-state index in [-0.39, 0.29) is 5.91 Å². The van der Waals surface area contributed by atoms with E-state index in [1.807, 2.05) is 30.3 Å². The molecule has 0 saturated heterocycles. The lowest BCUT2D eigenvalue weighted by Crippen LogP contribution is -2.17. The van der Waals surface area contributed by atoms with Gasteiger partial charge in [-0.1, -0.05) is 12.1 Å². The fourth-order valence-electron chi connectivity index (χ4n) is 2.57. The lowest BCUT2D eigenvalue weighted by atomic mass is 10.2. The number of benzene rings is 2. The summed E-state index contributed by atoms with van der Waals surface area (Å²) in [6, 6.07) is 16.1. The van der Waals surface area contributed by atoms with Gasteiger partial charge in [0.1, 0.15) is 5.75 Å². The number of carbonyl (C=O) groups excluding carboxylic acids is 2. The van der Waals surface area contributed by atoms with Gasteiger partial charge in [-0.25, -0.2) is 5.43 Å². The molecule has 0 atom stereocenters. The van der Waals surface area contributed by atoms with Crippen LogP contribution in [0.5, 0.6) is 17.2 Å². The van der Waals surface area contributed by atoms with Crippen molar-refractivity contribution in [3.05, 3.63) is 89.9 Å². The number of hydrogen-bond acceptors (Lipinski definition) is 7. The molecule has 0 fully saturated rings. The van der Waals surface area contributed by atoms with Crippen LogP contribution in [-0.2, 0) is 4.79 Å². The molecule has 2 amide bonds. The van der Waals surface area contributed by atoms with Crippen LogP contribution in [0.15, 0.2) is 78.3 Å². The van der Waals surface area contributed by atoms with Crippen LogP contribution in [0, 0.1) is 0 Å². The van der Waals surface area contributed by atoms with Gasteiger partial charge in [0.05, 0.1) is 27.5 Å². The van der Waals surface area contributed by atoms with Crippen LogP contribution in [0.25, 0.3) is 6.08 Å². The van der Waals surface area contributed by atoms with Crippen LogP contribution >= 0.6 is 0 Å². The van der Waals surface area contributed by atoms with Gasteiger partial charge in [-0.05, 0) is 59.7 Å². The number of methoxy groups -OCH3 is 3. The third kappa shape index (κ3) is 8.46. The van der Waals surface area contributed by atoms with Crippen molar-refractivity contribution in [2.45, 2.75) is 0 Å². The van der Waals surface area contributed by atoms with Crippen molar-refractivity contribution in [1.29, 1.82) is 0 Å². The van der Waals surface area contributed by atoms with E-state index in [2.05, 4.69) is 20.8 Å². The minimum absolute atomic E-state index is 0.297. The Balaban J connectivity index is 0.000000270. The molecule has 176 valence electrons. The SMILES string of the molecule is COc1ccc(/C=C/NC=O)cc1.COc1ccc(/C=N/NC(=O)c2ccncc2)cc1OC. The number of ether oxygens (including phenoxy) is 3. The maximum Gasteiger partial charge on any atom is 0.271 e. The molecule has 3 rings (SSSR count). The molecule has 34 heavy (non-hydrogen) atoms. The smallest absolute Gasteiger partial charge is 0.271 e. The van der Waals surface area contributed by atoms with Crippen molar-refractivity contribution in [3.63, 3.8) is 0 Å². The summed E-state index contributed by atoms with van der Waals surface area (Å²) in [5.74, 6) is 1.76. The van der Waals surface area contributed by atoms with Crippen LogP contribution < -0.4 is 25.0 Å². The first-order valence-corrected chi connectivity index (χ1v) is 10.1.